The van der Waals surface area contributed by atoms with E-state index in [-0.39, 0.29) is 18.4 Å². The zero-order valence-electron chi connectivity index (χ0n) is 15.7. The number of aryl methyl sites for hydroxylation is 2. The summed E-state index contributed by atoms with van der Waals surface area (Å²) in [6, 6.07) is 5.94. The molecule has 0 atom stereocenters. The molecule has 1 aromatic rings. The monoisotopic (exact) mass is 346 g/mol. The number of benzene rings is 1. The fraction of sp³-hybridized carbons (Fsp3) is 0.600. The van der Waals surface area contributed by atoms with E-state index in [1.54, 1.807) is 0 Å². The lowest BCUT2D eigenvalue weighted by Gasteiger charge is -2.22. The number of amides is 2. The molecule has 0 radical (unpaired) electrons. The number of carbonyl (C=O) groups excluding carboxylic acids is 2. The molecule has 0 aliphatic carbocycles. The Hall–Kier alpha value is -2.04. The SMILES string of the molecule is CCCCC(=O)N1CCCN(C(=O)COc2ccc(C)cc2C)CC1. The second-order valence-electron chi connectivity index (χ2n) is 6.78. The number of ether oxygens (including phenoxy) is 1. The standard InChI is InChI=1S/C20H30N2O3/c1-4-5-7-19(23)21-10-6-11-22(13-12-21)20(24)15-25-18-9-8-16(2)14-17(18)3/h8-9,14H,4-7,10-13,15H2,1-3H3. The quantitative estimate of drug-likeness (QED) is 0.796. The van der Waals surface area contributed by atoms with E-state index in [4.69, 9.17) is 4.74 Å². The van der Waals surface area contributed by atoms with Crippen LogP contribution < -0.4 is 4.74 Å². The lowest BCUT2D eigenvalue weighted by atomic mass is 10.1. The lowest BCUT2D eigenvalue weighted by molar-refractivity contribution is -0.134. The summed E-state index contributed by atoms with van der Waals surface area (Å²) in [5, 5.41) is 0. The van der Waals surface area contributed by atoms with Gasteiger partial charge in [0.15, 0.2) is 6.61 Å². The largest absolute Gasteiger partial charge is 0.484 e. The van der Waals surface area contributed by atoms with E-state index in [1.807, 2.05) is 41.8 Å². The summed E-state index contributed by atoms with van der Waals surface area (Å²) >= 11 is 0. The molecule has 1 fully saturated rings. The molecule has 0 aromatic heterocycles. The van der Waals surface area contributed by atoms with Gasteiger partial charge >= 0.3 is 0 Å². The molecule has 0 spiro atoms. The smallest absolute Gasteiger partial charge is 0.260 e. The predicted molar refractivity (Wildman–Crippen MR) is 98.7 cm³/mol. The maximum absolute atomic E-state index is 12.4. The van der Waals surface area contributed by atoms with E-state index in [9.17, 15) is 9.59 Å². The lowest BCUT2D eigenvalue weighted by Crippen LogP contribution is -2.39. The minimum Gasteiger partial charge on any atom is -0.484 e. The third-order valence-corrected chi connectivity index (χ3v) is 4.63. The van der Waals surface area contributed by atoms with Crippen molar-refractivity contribution >= 4 is 11.8 Å². The van der Waals surface area contributed by atoms with E-state index >= 15 is 0 Å². The highest BCUT2D eigenvalue weighted by Crippen LogP contribution is 2.18. The molecule has 1 aromatic carbocycles. The Kier molecular flexibility index (Phi) is 7.29. The van der Waals surface area contributed by atoms with Crippen LogP contribution in [-0.4, -0.2) is 54.4 Å². The van der Waals surface area contributed by atoms with Gasteiger partial charge in [-0.15, -0.1) is 0 Å². The van der Waals surface area contributed by atoms with Crippen molar-refractivity contribution in [1.82, 2.24) is 9.80 Å². The zero-order chi connectivity index (χ0) is 18.2. The second kappa shape index (κ2) is 9.44. The van der Waals surface area contributed by atoms with Crippen LogP contribution in [0.25, 0.3) is 0 Å². The third kappa shape index (κ3) is 5.76. The summed E-state index contributed by atoms with van der Waals surface area (Å²) in [5.41, 5.74) is 2.22. The molecule has 1 aliphatic rings. The molecule has 0 saturated carbocycles. The minimum atomic E-state index is -0.0113. The molecule has 2 rings (SSSR count). The highest BCUT2D eigenvalue weighted by atomic mass is 16.5. The van der Waals surface area contributed by atoms with Crippen molar-refractivity contribution in [1.29, 1.82) is 0 Å². The Balaban J connectivity index is 1.83. The number of unbranched alkanes of at least 4 members (excludes halogenated alkanes) is 1. The van der Waals surface area contributed by atoms with Gasteiger partial charge in [0.1, 0.15) is 5.75 Å². The van der Waals surface area contributed by atoms with Gasteiger partial charge in [-0.1, -0.05) is 31.0 Å². The molecule has 0 unspecified atom stereocenters. The summed E-state index contributed by atoms with van der Waals surface area (Å²) in [5.74, 6) is 0.954. The summed E-state index contributed by atoms with van der Waals surface area (Å²) < 4.78 is 5.70. The van der Waals surface area contributed by atoms with Crippen LogP contribution >= 0.6 is 0 Å². The van der Waals surface area contributed by atoms with Crippen LogP contribution in [0.1, 0.15) is 43.7 Å². The first-order valence-electron chi connectivity index (χ1n) is 9.27. The molecule has 1 saturated heterocycles. The predicted octanol–water partition coefficient (Wildman–Crippen LogP) is 2.93. The molecule has 138 valence electrons. The van der Waals surface area contributed by atoms with Crippen LogP contribution in [0, 0.1) is 13.8 Å². The van der Waals surface area contributed by atoms with E-state index in [2.05, 4.69) is 6.92 Å². The normalized spacial score (nSPS) is 15.0. The summed E-state index contributed by atoms with van der Waals surface area (Å²) in [6.45, 7) is 8.80. The molecule has 1 heterocycles. The van der Waals surface area contributed by atoms with Gasteiger partial charge in [0.2, 0.25) is 5.91 Å². The molecule has 1 aliphatic heterocycles. The number of hydrogen-bond donors (Lipinski definition) is 0. The Labute approximate surface area is 150 Å². The molecule has 5 nitrogen and oxygen atoms in total. The van der Waals surface area contributed by atoms with Gasteiger partial charge in [-0.3, -0.25) is 9.59 Å². The average Bonchev–Trinajstić information content (AvgIpc) is 2.85. The highest BCUT2D eigenvalue weighted by molar-refractivity contribution is 5.78. The maximum Gasteiger partial charge on any atom is 0.260 e. The molecular weight excluding hydrogens is 316 g/mol. The van der Waals surface area contributed by atoms with E-state index in [0.29, 0.717) is 26.1 Å². The van der Waals surface area contributed by atoms with Crippen LogP contribution in [0.5, 0.6) is 5.75 Å². The summed E-state index contributed by atoms with van der Waals surface area (Å²) in [4.78, 5) is 28.3. The molecule has 0 bridgehead atoms. The van der Waals surface area contributed by atoms with Crippen molar-refractivity contribution in [2.45, 2.75) is 46.5 Å². The van der Waals surface area contributed by atoms with Crippen LogP contribution in [0.2, 0.25) is 0 Å². The first-order valence-corrected chi connectivity index (χ1v) is 9.27. The van der Waals surface area contributed by atoms with Crippen LogP contribution in [0.15, 0.2) is 18.2 Å². The molecule has 0 N–H and O–H groups in total. The van der Waals surface area contributed by atoms with Gasteiger partial charge in [0, 0.05) is 32.6 Å². The minimum absolute atomic E-state index is 0.0113. The molecule has 2 amide bonds. The molecular formula is C20H30N2O3. The number of carbonyl (C=O) groups is 2. The Morgan fingerprint density at radius 2 is 1.72 bits per heavy atom. The van der Waals surface area contributed by atoms with Crippen molar-refractivity contribution in [3.63, 3.8) is 0 Å². The topological polar surface area (TPSA) is 49.9 Å². The van der Waals surface area contributed by atoms with Crippen molar-refractivity contribution in [2.75, 3.05) is 32.8 Å². The third-order valence-electron chi connectivity index (χ3n) is 4.63. The van der Waals surface area contributed by atoms with Crippen LogP contribution in [-0.2, 0) is 9.59 Å². The average molecular weight is 346 g/mol. The molecule has 25 heavy (non-hydrogen) atoms. The van der Waals surface area contributed by atoms with Gasteiger partial charge in [0.25, 0.3) is 5.91 Å². The van der Waals surface area contributed by atoms with Crippen molar-refractivity contribution in [3.05, 3.63) is 29.3 Å². The maximum atomic E-state index is 12.4. The van der Waals surface area contributed by atoms with Gasteiger partial charge < -0.3 is 14.5 Å². The van der Waals surface area contributed by atoms with Crippen LogP contribution in [0.4, 0.5) is 0 Å². The van der Waals surface area contributed by atoms with Crippen molar-refractivity contribution in [3.8, 4) is 5.75 Å². The van der Waals surface area contributed by atoms with Gasteiger partial charge in [-0.25, -0.2) is 0 Å². The number of hydrogen-bond acceptors (Lipinski definition) is 3. The van der Waals surface area contributed by atoms with Gasteiger partial charge in [-0.05, 0) is 38.3 Å². The number of nitrogens with zero attached hydrogens (tertiary/aromatic N) is 2. The van der Waals surface area contributed by atoms with E-state index < -0.39 is 0 Å². The van der Waals surface area contributed by atoms with Crippen LogP contribution in [0.3, 0.4) is 0 Å². The van der Waals surface area contributed by atoms with Gasteiger partial charge in [-0.2, -0.15) is 0 Å². The summed E-state index contributed by atoms with van der Waals surface area (Å²) in [6.07, 6.45) is 3.40. The Morgan fingerprint density at radius 3 is 2.36 bits per heavy atom. The first-order chi connectivity index (χ1) is 12.0. The molecule has 5 heteroatoms. The fourth-order valence-electron chi connectivity index (χ4n) is 3.09. The van der Waals surface area contributed by atoms with Crippen molar-refractivity contribution in [2.24, 2.45) is 0 Å². The Morgan fingerprint density at radius 1 is 1.04 bits per heavy atom. The fourth-order valence-corrected chi connectivity index (χ4v) is 3.09. The highest BCUT2D eigenvalue weighted by Gasteiger charge is 2.22. The summed E-state index contributed by atoms with van der Waals surface area (Å²) in [7, 11) is 0. The van der Waals surface area contributed by atoms with Crippen molar-refractivity contribution < 1.29 is 14.3 Å². The number of rotatable bonds is 6. The Bertz CT molecular complexity index is 601. The van der Waals surface area contributed by atoms with E-state index in [1.165, 1.54) is 5.56 Å². The zero-order valence-corrected chi connectivity index (χ0v) is 15.7. The first kappa shape index (κ1) is 19.3. The van der Waals surface area contributed by atoms with E-state index in [0.717, 1.165) is 37.1 Å². The second-order valence-corrected chi connectivity index (χ2v) is 6.78. The van der Waals surface area contributed by atoms with Gasteiger partial charge in [0.05, 0.1) is 0 Å².